The SMILES string of the molecule is CCNC(=NCC1CCCN(C)C1c1ccc(C(F)(F)F)cc1)N1CCC(COC)C1.I. The fourth-order valence-electron chi connectivity index (χ4n) is 4.87. The van der Waals surface area contributed by atoms with Crippen molar-refractivity contribution in [3.8, 4) is 0 Å². The Morgan fingerprint density at radius 2 is 1.91 bits per heavy atom. The van der Waals surface area contributed by atoms with E-state index in [4.69, 9.17) is 9.73 Å². The predicted octanol–water partition coefficient (Wildman–Crippen LogP) is 4.64. The van der Waals surface area contributed by atoms with Crippen LogP contribution in [0.2, 0.25) is 0 Å². The van der Waals surface area contributed by atoms with E-state index < -0.39 is 11.7 Å². The molecule has 2 fully saturated rings. The van der Waals surface area contributed by atoms with Gasteiger partial charge in [0, 0.05) is 45.2 Å². The molecule has 0 saturated carbocycles. The van der Waals surface area contributed by atoms with E-state index in [0.717, 1.165) is 63.6 Å². The average molecular weight is 568 g/mol. The Morgan fingerprint density at radius 1 is 1.19 bits per heavy atom. The minimum absolute atomic E-state index is 0. The number of benzene rings is 1. The fourth-order valence-corrected chi connectivity index (χ4v) is 4.87. The molecule has 1 N–H and O–H groups in total. The van der Waals surface area contributed by atoms with E-state index in [0.29, 0.717) is 12.5 Å². The third-order valence-electron chi connectivity index (χ3n) is 6.38. The molecule has 5 nitrogen and oxygen atoms in total. The number of rotatable bonds is 6. The number of methoxy groups -OCH3 is 1. The lowest BCUT2D eigenvalue weighted by molar-refractivity contribution is -0.137. The minimum atomic E-state index is -4.31. The summed E-state index contributed by atoms with van der Waals surface area (Å²) in [5, 5.41) is 3.41. The lowest BCUT2D eigenvalue weighted by Gasteiger charge is -2.39. The zero-order valence-electron chi connectivity index (χ0n) is 19.2. The van der Waals surface area contributed by atoms with E-state index in [1.807, 2.05) is 0 Å². The lowest BCUT2D eigenvalue weighted by atomic mass is 9.84. The summed E-state index contributed by atoms with van der Waals surface area (Å²) >= 11 is 0. The number of piperidine rings is 1. The molecule has 0 amide bonds. The molecule has 0 aromatic heterocycles. The Balaban J connectivity index is 0.00000363. The van der Waals surface area contributed by atoms with Gasteiger partial charge in [0.25, 0.3) is 0 Å². The highest BCUT2D eigenvalue weighted by Crippen LogP contribution is 2.37. The number of aliphatic imine (C=N–C) groups is 1. The van der Waals surface area contributed by atoms with Gasteiger partial charge in [0.05, 0.1) is 12.2 Å². The molecule has 3 unspecified atom stereocenters. The molecule has 182 valence electrons. The summed E-state index contributed by atoms with van der Waals surface area (Å²) in [4.78, 5) is 9.52. The molecule has 3 atom stereocenters. The van der Waals surface area contributed by atoms with Crippen LogP contribution >= 0.6 is 24.0 Å². The number of alkyl halides is 3. The first-order valence-electron chi connectivity index (χ1n) is 11.2. The summed E-state index contributed by atoms with van der Waals surface area (Å²) in [7, 11) is 3.79. The number of ether oxygens (including phenoxy) is 1. The highest BCUT2D eigenvalue weighted by molar-refractivity contribution is 14.0. The van der Waals surface area contributed by atoms with Crippen molar-refractivity contribution >= 4 is 29.9 Å². The van der Waals surface area contributed by atoms with Crippen LogP contribution in [-0.4, -0.2) is 69.2 Å². The third kappa shape index (κ3) is 6.96. The second-order valence-corrected chi connectivity index (χ2v) is 8.70. The molecule has 2 aliphatic heterocycles. The van der Waals surface area contributed by atoms with Crippen LogP contribution in [0.3, 0.4) is 0 Å². The van der Waals surface area contributed by atoms with Crippen molar-refractivity contribution in [3.63, 3.8) is 0 Å². The quantitative estimate of drug-likeness (QED) is 0.309. The normalized spacial score (nSPS) is 25.0. The number of likely N-dealkylation sites (tertiary alicyclic amines) is 2. The van der Waals surface area contributed by atoms with Gasteiger partial charge < -0.3 is 15.0 Å². The average Bonchev–Trinajstić information content (AvgIpc) is 3.19. The Morgan fingerprint density at radius 3 is 2.53 bits per heavy atom. The summed E-state index contributed by atoms with van der Waals surface area (Å²) in [6.07, 6.45) is -1.12. The zero-order chi connectivity index (χ0) is 22.4. The molecule has 0 spiro atoms. The smallest absolute Gasteiger partial charge is 0.384 e. The molecule has 32 heavy (non-hydrogen) atoms. The minimum Gasteiger partial charge on any atom is -0.384 e. The topological polar surface area (TPSA) is 40.1 Å². The van der Waals surface area contributed by atoms with Gasteiger partial charge in [-0.2, -0.15) is 13.2 Å². The summed E-state index contributed by atoms with van der Waals surface area (Å²) in [5.41, 5.74) is 0.333. The van der Waals surface area contributed by atoms with Crippen LogP contribution in [0.5, 0.6) is 0 Å². The van der Waals surface area contributed by atoms with Gasteiger partial charge in [0.1, 0.15) is 0 Å². The van der Waals surface area contributed by atoms with Crippen LogP contribution in [0.4, 0.5) is 13.2 Å². The summed E-state index contributed by atoms with van der Waals surface area (Å²) in [6, 6.07) is 5.73. The zero-order valence-corrected chi connectivity index (χ0v) is 21.5. The third-order valence-corrected chi connectivity index (χ3v) is 6.38. The first-order valence-corrected chi connectivity index (χ1v) is 11.2. The van der Waals surface area contributed by atoms with Gasteiger partial charge >= 0.3 is 6.18 Å². The number of hydrogen-bond acceptors (Lipinski definition) is 3. The summed E-state index contributed by atoms with van der Waals surface area (Å²) in [6.45, 7) is 7.13. The maximum Gasteiger partial charge on any atom is 0.416 e. The maximum atomic E-state index is 13.0. The Bertz CT molecular complexity index is 729. The molecule has 0 aliphatic carbocycles. The molecule has 3 rings (SSSR count). The van der Waals surface area contributed by atoms with Crippen molar-refractivity contribution in [1.82, 2.24) is 15.1 Å². The first kappa shape index (κ1) is 27.2. The monoisotopic (exact) mass is 568 g/mol. The van der Waals surface area contributed by atoms with Crippen molar-refractivity contribution in [2.24, 2.45) is 16.8 Å². The van der Waals surface area contributed by atoms with Crippen LogP contribution in [0.25, 0.3) is 0 Å². The Labute approximate surface area is 206 Å². The number of hydrogen-bond donors (Lipinski definition) is 1. The highest BCUT2D eigenvalue weighted by atomic mass is 127. The Hall–Kier alpha value is -1.07. The van der Waals surface area contributed by atoms with Crippen molar-refractivity contribution in [3.05, 3.63) is 35.4 Å². The highest BCUT2D eigenvalue weighted by Gasteiger charge is 2.33. The van der Waals surface area contributed by atoms with Crippen LogP contribution in [-0.2, 0) is 10.9 Å². The van der Waals surface area contributed by atoms with Gasteiger partial charge in [-0.3, -0.25) is 9.89 Å². The van der Waals surface area contributed by atoms with Gasteiger partial charge in [-0.1, -0.05) is 12.1 Å². The molecule has 2 aliphatic rings. The molecule has 2 saturated heterocycles. The predicted molar refractivity (Wildman–Crippen MR) is 132 cm³/mol. The fraction of sp³-hybridized carbons (Fsp3) is 0.696. The van der Waals surface area contributed by atoms with Gasteiger partial charge in [0.15, 0.2) is 5.96 Å². The van der Waals surface area contributed by atoms with Crippen LogP contribution in [0, 0.1) is 11.8 Å². The summed E-state index contributed by atoms with van der Waals surface area (Å²) in [5.74, 6) is 1.72. The van der Waals surface area contributed by atoms with Crippen molar-refractivity contribution in [1.29, 1.82) is 0 Å². The molecule has 2 heterocycles. The van der Waals surface area contributed by atoms with Crippen LogP contribution in [0.15, 0.2) is 29.3 Å². The number of nitrogens with one attached hydrogen (secondary N) is 1. The lowest BCUT2D eigenvalue weighted by Crippen LogP contribution is -2.42. The van der Waals surface area contributed by atoms with Crippen molar-refractivity contribution < 1.29 is 17.9 Å². The second kappa shape index (κ2) is 12.4. The second-order valence-electron chi connectivity index (χ2n) is 8.70. The van der Waals surface area contributed by atoms with Crippen molar-refractivity contribution in [2.75, 3.05) is 53.5 Å². The molecule has 0 bridgehead atoms. The van der Waals surface area contributed by atoms with Crippen LogP contribution < -0.4 is 5.32 Å². The molecule has 0 radical (unpaired) electrons. The summed E-state index contributed by atoms with van der Waals surface area (Å²) < 4.78 is 44.2. The van der Waals surface area contributed by atoms with Crippen LogP contribution in [0.1, 0.15) is 43.4 Å². The van der Waals surface area contributed by atoms with E-state index in [1.54, 1.807) is 19.2 Å². The van der Waals surface area contributed by atoms with Gasteiger partial charge in [-0.05, 0) is 63.4 Å². The molecule has 9 heteroatoms. The van der Waals surface area contributed by atoms with E-state index in [9.17, 15) is 13.2 Å². The standard InChI is InChI=1S/C23H35F3N4O.HI/c1-4-27-22(30-13-11-17(15-30)16-31-3)28-14-19-6-5-12-29(2)21(19)18-7-9-20(10-8-18)23(24,25)26;/h7-10,17,19,21H,4-6,11-16H2,1-3H3,(H,27,28);1H. The molecule has 1 aromatic carbocycles. The maximum absolute atomic E-state index is 13.0. The largest absolute Gasteiger partial charge is 0.416 e. The van der Waals surface area contributed by atoms with Gasteiger partial charge in [-0.25, -0.2) is 0 Å². The van der Waals surface area contributed by atoms with E-state index in [-0.39, 0.29) is 35.9 Å². The van der Waals surface area contributed by atoms with E-state index in [2.05, 4.69) is 29.1 Å². The molecule has 1 aromatic rings. The van der Waals surface area contributed by atoms with Gasteiger partial charge in [0.2, 0.25) is 0 Å². The number of halogens is 4. The first-order chi connectivity index (χ1) is 14.8. The molecular formula is C23H36F3IN4O. The Kier molecular flexibility index (Phi) is 10.5. The van der Waals surface area contributed by atoms with E-state index in [1.165, 1.54) is 12.1 Å². The molecular weight excluding hydrogens is 532 g/mol. The van der Waals surface area contributed by atoms with Crippen molar-refractivity contribution in [2.45, 2.75) is 38.4 Å². The number of guanidine groups is 1. The number of nitrogens with zero attached hydrogens (tertiary/aromatic N) is 3. The van der Waals surface area contributed by atoms with Gasteiger partial charge in [-0.15, -0.1) is 24.0 Å². The van der Waals surface area contributed by atoms with E-state index >= 15 is 0 Å².